The summed E-state index contributed by atoms with van der Waals surface area (Å²) in [6.07, 6.45) is 0. The van der Waals surface area contributed by atoms with E-state index in [0.29, 0.717) is 16.2 Å². The number of rotatable bonds is 5. The average Bonchev–Trinajstić information content (AvgIpc) is 2.56. The third kappa shape index (κ3) is 4.85. The number of aromatic nitrogens is 2. The summed E-state index contributed by atoms with van der Waals surface area (Å²) >= 11 is 1.31. The van der Waals surface area contributed by atoms with Crippen molar-refractivity contribution in [2.45, 2.75) is 50.1 Å². The molecule has 0 aliphatic heterocycles. The Morgan fingerprint density at radius 2 is 1.55 bits per heavy atom. The molecule has 0 spiro atoms. The number of hydrogen-bond donors (Lipinski definition) is 1. The van der Waals surface area contributed by atoms with Gasteiger partial charge in [-0.3, -0.25) is 14.3 Å². The van der Waals surface area contributed by atoms with Crippen LogP contribution in [0, 0.1) is 25.5 Å². The van der Waals surface area contributed by atoms with Gasteiger partial charge in [0, 0.05) is 11.0 Å². The molecule has 1 heterocycles. The number of benzene rings is 2. The van der Waals surface area contributed by atoms with Crippen LogP contribution in [0.3, 0.4) is 0 Å². The van der Waals surface area contributed by atoms with Crippen LogP contribution < -0.4 is 11.2 Å². The van der Waals surface area contributed by atoms with Crippen molar-refractivity contribution in [1.82, 2.24) is 9.55 Å². The normalized spacial score (nSPS) is 11.3. The van der Waals surface area contributed by atoms with Crippen molar-refractivity contribution in [3.63, 3.8) is 0 Å². The summed E-state index contributed by atoms with van der Waals surface area (Å²) in [6, 6.07) is 9.12. The zero-order chi connectivity index (χ0) is 21.3. The van der Waals surface area contributed by atoms with Crippen molar-refractivity contribution >= 4 is 11.8 Å². The van der Waals surface area contributed by atoms with Gasteiger partial charge in [0.2, 0.25) is 0 Å². The van der Waals surface area contributed by atoms with E-state index < -0.39 is 22.9 Å². The number of aryl methyl sites for hydroxylation is 2. The van der Waals surface area contributed by atoms with Gasteiger partial charge in [0.25, 0.3) is 5.56 Å². The van der Waals surface area contributed by atoms with Crippen LogP contribution in [0.25, 0.3) is 0 Å². The fourth-order valence-corrected chi connectivity index (χ4v) is 4.73. The predicted octanol–water partition coefficient (Wildman–Crippen LogP) is 4.75. The first-order valence-electron chi connectivity index (χ1n) is 9.22. The lowest BCUT2D eigenvalue weighted by atomic mass is 10.1. The minimum absolute atomic E-state index is 0.0584. The highest BCUT2D eigenvalue weighted by Gasteiger charge is 2.19. The second kappa shape index (κ2) is 8.37. The fourth-order valence-electron chi connectivity index (χ4n) is 3.32. The average molecular weight is 416 g/mol. The van der Waals surface area contributed by atoms with Crippen LogP contribution in [-0.2, 0) is 6.54 Å². The maximum absolute atomic E-state index is 13.6. The highest BCUT2D eigenvalue weighted by molar-refractivity contribution is 7.99. The quantitative estimate of drug-likeness (QED) is 0.611. The molecular weight excluding hydrogens is 394 g/mol. The molecule has 0 radical (unpaired) electrons. The van der Waals surface area contributed by atoms with Gasteiger partial charge in [0.15, 0.2) is 0 Å². The standard InChI is InChI=1S/C22H22F2N2O2S/c1-12(2)19-20(27)25-22(28)26(11-15-8-16(23)10-17(24)9-15)21(19)29-18-6-13(3)5-14(4)7-18/h5-10,12H,11H2,1-4H3,(H,25,27,28). The van der Waals surface area contributed by atoms with E-state index in [1.165, 1.54) is 28.5 Å². The Bertz CT molecular complexity index is 1140. The Balaban J connectivity index is 2.20. The molecule has 0 saturated heterocycles. The van der Waals surface area contributed by atoms with Crippen molar-refractivity contribution in [2.24, 2.45) is 0 Å². The zero-order valence-electron chi connectivity index (χ0n) is 16.7. The summed E-state index contributed by atoms with van der Waals surface area (Å²) in [4.78, 5) is 28.4. The van der Waals surface area contributed by atoms with Gasteiger partial charge in [-0.1, -0.05) is 31.7 Å². The molecule has 0 amide bonds. The van der Waals surface area contributed by atoms with E-state index in [-0.39, 0.29) is 12.5 Å². The molecule has 4 nitrogen and oxygen atoms in total. The van der Waals surface area contributed by atoms with Gasteiger partial charge in [-0.05, 0) is 60.7 Å². The highest BCUT2D eigenvalue weighted by Crippen LogP contribution is 2.33. The topological polar surface area (TPSA) is 54.9 Å². The lowest BCUT2D eigenvalue weighted by molar-refractivity contribution is 0.569. The van der Waals surface area contributed by atoms with E-state index in [1.54, 1.807) is 0 Å². The van der Waals surface area contributed by atoms with Crippen molar-refractivity contribution < 1.29 is 8.78 Å². The van der Waals surface area contributed by atoms with Crippen LogP contribution in [0.5, 0.6) is 0 Å². The molecule has 0 fully saturated rings. The van der Waals surface area contributed by atoms with Crippen LogP contribution in [0.1, 0.15) is 42.0 Å². The molecule has 2 aromatic carbocycles. The lowest BCUT2D eigenvalue weighted by Crippen LogP contribution is -2.34. The Morgan fingerprint density at radius 1 is 0.966 bits per heavy atom. The van der Waals surface area contributed by atoms with Gasteiger partial charge < -0.3 is 0 Å². The van der Waals surface area contributed by atoms with Gasteiger partial charge in [0.1, 0.15) is 11.6 Å². The number of H-pyrrole nitrogens is 1. The second-order valence-electron chi connectivity index (χ2n) is 7.42. The maximum Gasteiger partial charge on any atom is 0.329 e. The monoisotopic (exact) mass is 416 g/mol. The first-order valence-corrected chi connectivity index (χ1v) is 10.0. The van der Waals surface area contributed by atoms with Gasteiger partial charge in [-0.2, -0.15) is 0 Å². The molecule has 7 heteroatoms. The van der Waals surface area contributed by atoms with Crippen LogP contribution in [-0.4, -0.2) is 9.55 Å². The van der Waals surface area contributed by atoms with Crippen molar-refractivity contribution in [3.8, 4) is 0 Å². The Morgan fingerprint density at radius 3 is 2.10 bits per heavy atom. The van der Waals surface area contributed by atoms with Crippen LogP contribution in [0.2, 0.25) is 0 Å². The van der Waals surface area contributed by atoms with Gasteiger partial charge >= 0.3 is 5.69 Å². The number of halogens is 2. The molecule has 0 bridgehead atoms. The summed E-state index contributed by atoms with van der Waals surface area (Å²) in [7, 11) is 0. The largest absolute Gasteiger partial charge is 0.329 e. The van der Waals surface area contributed by atoms with E-state index in [9.17, 15) is 18.4 Å². The maximum atomic E-state index is 13.6. The molecule has 0 saturated carbocycles. The van der Waals surface area contributed by atoms with E-state index in [0.717, 1.165) is 22.1 Å². The van der Waals surface area contributed by atoms with Crippen molar-refractivity contribution in [3.05, 3.63) is 91.1 Å². The van der Waals surface area contributed by atoms with Crippen molar-refractivity contribution in [1.29, 1.82) is 0 Å². The summed E-state index contributed by atoms with van der Waals surface area (Å²) in [5, 5.41) is 0.475. The minimum Gasteiger partial charge on any atom is -0.283 e. The SMILES string of the molecule is Cc1cc(C)cc(Sc2c(C(C)C)c(=O)[nH]c(=O)n2Cc2cc(F)cc(F)c2)c1. The van der Waals surface area contributed by atoms with E-state index >= 15 is 0 Å². The number of aromatic amines is 1. The lowest BCUT2D eigenvalue weighted by Gasteiger charge is -2.18. The molecular formula is C22H22F2N2O2S. The van der Waals surface area contributed by atoms with Gasteiger partial charge in [-0.25, -0.2) is 13.6 Å². The Labute approximate surface area is 171 Å². The molecule has 152 valence electrons. The molecule has 3 rings (SSSR count). The Kier molecular flexibility index (Phi) is 6.07. The van der Waals surface area contributed by atoms with Crippen LogP contribution >= 0.6 is 11.8 Å². The molecule has 0 atom stereocenters. The molecule has 0 aliphatic carbocycles. The van der Waals surface area contributed by atoms with Gasteiger partial charge in [-0.15, -0.1) is 0 Å². The number of nitrogens with zero attached hydrogens (tertiary/aromatic N) is 1. The van der Waals surface area contributed by atoms with Crippen LogP contribution in [0.4, 0.5) is 8.78 Å². The molecule has 0 aliphatic rings. The Hall–Kier alpha value is -2.67. The van der Waals surface area contributed by atoms with E-state index in [4.69, 9.17) is 0 Å². The molecule has 1 aromatic heterocycles. The predicted molar refractivity (Wildman–Crippen MR) is 111 cm³/mol. The first-order chi connectivity index (χ1) is 13.6. The summed E-state index contributed by atoms with van der Waals surface area (Å²) < 4.78 is 28.7. The molecule has 3 aromatic rings. The first kappa shape index (κ1) is 21.0. The van der Waals surface area contributed by atoms with Crippen LogP contribution in [0.15, 0.2) is 55.9 Å². The van der Waals surface area contributed by atoms with Gasteiger partial charge in [0.05, 0.1) is 17.1 Å². The van der Waals surface area contributed by atoms with E-state index in [1.807, 2.05) is 45.9 Å². The summed E-state index contributed by atoms with van der Waals surface area (Å²) in [6.45, 7) is 7.62. The number of hydrogen-bond acceptors (Lipinski definition) is 3. The number of nitrogens with one attached hydrogen (secondary N) is 1. The molecule has 1 N–H and O–H groups in total. The molecule has 0 unspecified atom stereocenters. The summed E-state index contributed by atoms with van der Waals surface area (Å²) in [5.74, 6) is -1.58. The minimum atomic E-state index is -0.718. The van der Waals surface area contributed by atoms with Crippen molar-refractivity contribution in [2.75, 3.05) is 0 Å². The smallest absolute Gasteiger partial charge is 0.283 e. The third-order valence-electron chi connectivity index (χ3n) is 4.44. The molecule has 29 heavy (non-hydrogen) atoms. The van der Waals surface area contributed by atoms with E-state index in [2.05, 4.69) is 4.98 Å². The zero-order valence-corrected chi connectivity index (χ0v) is 17.5. The summed E-state index contributed by atoms with van der Waals surface area (Å²) in [5.41, 5.74) is 1.82. The second-order valence-corrected chi connectivity index (χ2v) is 8.48. The highest BCUT2D eigenvalue weighted by atomic mass is 32.2. The fraction of sp³-hybridized carbons (Fsp3) is 0.273. The third-order valence-corrected chi connectivity index (χ3v) is 5.54.